The van der Waals surface area contributed by atoms with Crippen LogP contribution in [0.25, 0.3) is 0 Å². The second-order valence-corrected chi connectivity index (χ2v) is 3.92. The van der Waals surface area contributed by atoms with Crippen molar-refractivity contribution >= 4 is 5.97 Å². The van der Waals surface area contributed by atoms with Crippen LogP contribution in [0.15, 0.2) is 0 Å². The molecule has 0 atom stereocenters. The highest BCUT2D eigenvalue weighted by Crippen LogP contribution is 2.44. The summed E-state index contributed by atoms with van der Waals surface area (Å²) in [6.07, 6.45) is 1.33. The van der Waals surface area contributed by atoms with Crippen LogP contribution in [0.1, 0.15) is 26.7 Å². The van der Waals surface area contributed by atoms with E-state index in [4.69, 9.17) is 9.84 Å². The van der Waals surface area contributed by atoms with E-state index in [9.17, 15) is 4.79 Å². The molecule has 0 aliphatic heterocycles. The second-order valence-electron chi connectivity index (χ2n) is 3.92. The highest BCUT2D eigenvalue weighted by molar-refractivity contribution is 5.78. The molecule has 0 saturated heterocycles. The van der Waals surface area contributed by atoms with Crippen molar-refractivity contribution in [3.63, 3.8) is 0 Å². The monoisotopic (exact) mass is 172 g/mol. The summed E-state index contributed by atoms with van der Waals surface area (Å²) in [5, 5.41) is 8.86. The van der Waals surface area contributed by atoms with Gasteiger partial charge in [0, 0.05) is 7.11 Å². The molecule has 0 spiro atoms. The van der Waals surface area contributed by atoms with Gasteiger partial charge in [-0.3, -0.25) is 0 Å². The van der Waals surface area contributed by atoms with Crippen LogP contribution in [0.2, 0.25) is 0 Å². The number of methoxy groups -OCH3 is 1. The molecule has 0 bridgehead atoms. The summed E-state index contributed by atoms with van der Waals surface area (Å²) in [5.74, 6) is 0.260. The smallest absolute Gasteiger partial charge is 0.335 e. The van der Waals surface area contributed by atoms with Crippen molar-refractivity contribution in [1.29, 1.82) is 0 Å². The molecule has 0 amide bonds. The van der Waals surface area contributed by atoms with Crippen LogP contribution in [-0.2, 0) is 9.53 Å². The van der Waals surface area contributed by atoms with Crippen LogP contribution in [0, 0.1) is 11.8 Å². The third kappa shape index (κ3) is 1.33. The van der Waals surface area contributed by atoms with Crippen LogP contribution in [0.4, 0.5) is 0 Å². The van der Waals surface area contributed by atoms with Gasteiger partial charge in [-0.05, 0) is 24.7 Å². The first-order valence-corrected chi connectivity index (χ1v) is 4.30. The molecule has 0 aromatic heterocycles. The van der Waals surface area contributed by atoms with Gasteiger partial charge >= 0.3 is 5.97 Å². The van der Waals surface area contributed by atoms with E-state index in [0.29, 0.717) is 24.7 Å². The third-order valence-electron chi connectivity index (χ3n) is 2.91. The quantitative estimate of drug-likeness (QED) is 0.702. The summed E-state index contributed by atoms with van der Waals surface area (Å²) in [6, 6.07) is 0. The van der Waals surface area contributed by atoms with Crippen LogP contribution in [-0.4, -0.2) is 23.8 Å². The lowest BCUT2D eigenvalue weighted by atomic mass is 9.66. The van der Waals surface area contributed by atoms with E-state index in [1.807, 2.05) is 0 Å². The fraction of sp³-hybridized carbons (Fsp3) is 0.889. The summed E-state index contributed by atoms with van der Waals surface area (Å²) < 4.78 is 5.02. The highest BCUT2D eigenvalue weighted by Gasteiger charge is 2.51. The lowest BCUT2D eigenvalue weighted by molar-refractivity contribution is -0.183. The minimum Gasteiger partial charge on any atom is -0.479 e. The lowest BCUT2D eigenvalue weighted by Gasteiger charge is -2.45. The Bertz CT molecular complexity index is 180. The SMILES string of the molecule is COC1(C(=O)O)CC(C(C)C)C1. The zero-order valence-electron chi connectivity index (χ0n) is 7.83. The minimum atomic E-state index is -0.866. The molecule has 1 aliphatic rings. The fourth-order valence-corrected chi connectivity index (χ4v) is 1.69. The van der Waals surface area contributed by atoms with Crippen molar-refractivity contribution in [2.75, 3.05) is 7.11 Å². The number of hydrogen-bond donors (Lipinski definition) is 1. The van der Waals surface area contributed by atoms with Crippen molar-refractivity contribution in [3.05, 3.63) is 0 Å². The number of carbonyl (C=O) groups is 1. The van der Waals surface area contributed by atoms with E-state index in [1.165, 1.54) is 7.11 Å². The summed E-state index contributed by atoms with van der Waals surface area (Å²) in [5.41, 5.74) is -0.866. The van der Waals surface area contributed by atoms with Crippen LogP contribution >= 0.6 is 0 Å². The average Bonchev–Trinajstić information content (AvgIpc) is 1.84. The largest absolute Gasteiger partial charge is 0.479 e. The Morgan fingerprint density at radius 3 is 2.33 bits per heavy atom. The minimum absolute atomic E-state index is 0.515. The number of rotatable bonds is 3. The van der Waals surface area contributed by atoms with Gasteiger partial charge in [-0.1, -0.05) is 13.8 Å². The number of ether oxygens (including phenoxy) is 1. The second kappa shape index (κ2) is 3.05. The average molecular weight is 172 g/mol. The molecule has 0 aromatic carbocycles. The van der Waals surface area contributed by atoms with E-state index in [-0.39, 0.29) is 0 Å². The zero-order valence-corrected chi connectivity index (χ0v) is 7.83. The maximum atomic E-state index is 10.8. The Morgan fingerprint density at radius 1 is 1.58 bits per heavy atom. The molecule has 1 saturated carbocycles. The maximum Gasteiger partial charge on any atom is 0.335 e. The fourth-order valence-electron chi connectivity index (χ4n) is 1.69. The predicted molar refractivity (Wildman–Crippen MR) is 44.9 cm³/mol. The normalized spacial score (nSPS) is 34.8. The summed E-state index contributed by atoms with van der Waals surface area (Å²) in [7, 11) is 1.48. The molecule has 12 heavy (non-hydrogen) atoms. The van der Waals surface area contributed by atoms with Gasteiger partial charge in [-0.2, -0.15) is 0 Å². The van der Waals surface area contributed by atoms with Gasteiger partial charge in [0.25, 0.3) is 0 Å². The Labute approximate surface area is 72.7 Å². The standard InChI is InChI=1S/C9H16O3/c1-6(2)7-4-9(5-7,12-3)8(10)11/h6-7H,4-5H2,1-3H3,(H,10,11). The predicted octanol–water partition coefficient (Wildman–Crippen LogP) is 1.52. The Morgan fingerprint density at radius 2 is 2.08 bits per heavy atom. The van der Waals surface area contributed by atoms with E-state index >= 15 is 0 Å². The van der Waals surface area contributed by atoms with Crippen molar-refractivity contribution in [1.82, 2.24) is 0 Å². The van der Waals surface area contributed by atoms with Gasteiger partial charge in [-0.15, -0.1) is 0 Å². The van der Waals surface area contributed by atoms with E-state index in [1.54, 1.807) is 0 Å². The molecular formula is C9H16O3. The molecular weight excluding hydrogens is 156 g/mol. The van der Waals surface area contributed by atoms with Crippen molar-refractivity contribution < 1.29 is 14.6 Å². The molecule has 0 aromatic rings. The highest BCUT2D eigenvalue weighted by atomic mass is 16.5. The number of hydrogen-bond acceptors (Lipinski definition) is 2. The van der Waals surface area contributed by atoms with Gasteiger partial charge in [0.1, 0.15) is 0 Å². The van der Waals surface area contributed by atoms with Gasteiger partial charge in [0.2, 0.25) is 0 Å². The van der Waals surface area contributed by atoms with E-state index < -0.39 is 11.6 Å². The van der Waals surface area contributed by atoms with E-state index in [0.717, 1.165) is 0 Å². The first kappa shape index (κ1) is 9.52. The molecule has 0 heterocycles. The molecule has 1 N–H and O–H groups in total. The Kier molecular flexibility index (Phi) is 2.42. The summed E-state index contributed by atoms with van der Waals surface area (Å²) in [4.78, 5) is 10.8. The first-order chi connectivity index (χ1) is 5.52. The Hall–Kier alpha value is -0.570. The molecule has 1 aliphatic carbocycles. The number of carboxylic acid groups (broad SMARTS) is 1. The van der Waals surface area contributed by atoms with Gasteiger partial charge in [0.15, 0.2) is 5.60 Å². The summed E-state index contributed by atoms with van der Waals surface area (Å²) in [6.45, 7) is 4.23. The molecule has 70 valence electrons. The van der Waals surface area contributed by atoms with Crippen LogP contribution in [0.5, 0.6) is 0 Å². The molecule has 3 heteroatoms. The number of carboxylic acids is 1. The van der Waals surface area contributed by atoms with Crippen LogP contribution < -0.4 is 0 Å². The maximum absolute atomic E-state index is 10.8. The molecule has 1 fully saturated rings. The molecule has 0 radical (unpaired) electrons. The van der Waals surface area contributed by atoms with Gasteiger partial charge in [-0.25, -0.2) is 4.79 Å². The van der Waals surface area contributed by atoms with Crippen molar-refractivity contribution in [2.24, 2.45) is 11.8 Å². The zero-order chi connectivity index (χ0) is 9.35. The summed E-state index contributed by atoms with van der Waals surface area (Å²) >= 11 is 0. The van der Waals surface area contributed by atoms with Crippen molar-refractivity contribution in [3.8, 4) is 0 Å². The molecule has 0 unspecified atom stereocenters. The molecule has 3 nitrogen and oxygen atoms in total. The van der Waals surface area contributed by atoms with E-state index in [2.05, 4.69) is 13.8 Å². The Balaban J connectivity index is 2.52. The number of aliphatic carboxylic acids is 1. The third-order valence-corrected chi connectivity index (χ3v) is 2.91. The lowest BCUT2D eigenvalue weighted by Crippen LogP contribution is -2.53. The van der Waals surface area contributed by atoms with Gasteiger partial charge < -0.3 is 9.84 Å². The first-order valence-electron chi connectivity index (χ1n) is 4.30. The topological polar surface area (TPSA) is 46.5 Å². The van der Waals surface area contributed by atoms with Gasteiger partial charge in [0.05, 0.1) is 0 Å². The van der Waals surface area contributed by atoms with Crippen molar-refractivity contribution in [2.45, 2.75) is 32.3 Å². The van der Waals surface area contributed by atoms with Crippen LogP contribution in [0.3, 0.4) is 0 Å². The molecule has 1 rings (SSSR count).